The monoisotopic (exact) mass is 267 g/mol. The minimum Gasteiger partial charge on any atom is -0.497 e. The van der Waals surface area contributed by atoms with Crippen LogP contribution in [0.4, 0.5) is 0 Å². The predicted octanol–water partition coefficient (Wildman–Crippen LogP) is 0.813. The lowest BCUT2D eigenvalue weighted by Crippen LogP contribution is -2.38. The van der Waals surface area contributed by atoms with E-state index >= 15 is 0 Å². The zero-order valence-corrected chi connectivity index (χ0v) is 11.2. The Morgan fingerprint density at radius 1 is 1.47 bits per heavy atom. The van der Waals surface area contributed by atoms with Gasteiger partial charge in [0.2, 0.25) is 0 Å². The molecule has 2 rings (SSSR count). The number of aliphatic hydroxyl groups is 1. The van der Waals surface area contributed by atoms with Gasteiger partial charge in [-0.05, 0) is 18.6 Å². The highest BCUT2D eigenvalue weighted by Crippen LogP contribution is 2.18. The Bertz CT molecular complexity index is 379. The second kappa shape index (κ2) is 7.33. The van der Waals surface area contributed by atoms with Crippen LogP contribution >= 0.6 is 0 Å². The molecule has 1 aromatic carbocycles. The van der Waals surface area contributed by atoms with Crippen LogP contribution in [0.3, 0.4) is 0 Å². The van der Waals surface area contributed by atoms with Crippen LogP contribution in [-0.2, 0) is 4.74 Å². The van der Waals surface area contributed by atoms with Gasteiger partial charge in [-0.25, -0.2) is 0 Å². The van der Waals surface area contributed by atoms with Gasteiger partial charge >= 0.3 is 0 Å². The molecule has 1 aliphatic rings. The topological polar surface area (TPSA) is 60.0 Å². The fourth-order valence-corrected chi connectivity index (χ4v) is 1.94. The fourth-order valence-electron chi connectivity index (χ4n) is 1.94. The van der Waals surface area contributed by atoms with Gasteiger partial charge in [-0.15, -0.1) is 0 Å². The number of rotatable bonds is 7. The predicted molar refractivity (Wildman–Crippen MR) is 71.7 cm³/mol. The van der Waals surface area contributed by atoms with Crippen molar-refractivity contribution in [1.82, 2.24) is 5.32 Å². The molecule has 0 amide bonds. The standard InChI is InChI=1S/C14H21NO4/c1-17-13-3-2-4-14(7-13)19-10-12(16)8-15-11-5-6-18-9-11/h2-4,7,11-12,15-16H,5-6,8-10H2,1H3. The number of methoxy groups -OCH3 is 1. The van der Waals surface area contributed by atoms with Crippen molar-refractivity contribution in [3.63, 3.8) is 0 Å². The molecule has 0 radical (unpaired) electrons. The summed E-state index contributed by atoms with van der Waals surface area (Å²) in [4.78, 5) is 0. The molecular weight excluding hydrogens is 246 g/mol. The quantitative estimate of drug-likeness (QED) is 0.765. The highest BCUT2D eigenvalue weighted by atomic mass is 16.5. The fraction of sp³-hybridized carbons (Fsp3) is 0.571. The third-order valence-electron chi connectivity index (χ3n) is 3.06. The Kier molecular flexibility index (Phi) is 5.44. The summed E-state index contributed by atoms with van der Waals surface area (Å²) in [5.41, 5.74) is 0. The molecule has 0 saturated carbocycles. The smallest absolute Gasteiger partial charge is 0.123 e. The molecule has 1 heterocycles. The second-order valence-electron chi connectivity index (χ2n) is 4.61. The summed E-state index contributed by atoms with van der Waals surface area (Å²) < 4.78 is 15.9. The van der Waals surface area contributed by atoms with Gasteiger partial charge in [-0.1, -0.05) is 6.07 Å². The van der Waals surface area contributed by atoms with E-state index in [1.165, 1.54) is 0 Å². The third kappa shape index (κ3) is 4.70. The molecule has 1 aliphatic heterocycles. The largest absolute Gasteiger partial charge is 0.497 e. The zero-order chi connectivity index (χ0) is 13.5. The van der Waals surface area contributed by atoms with Gasteiger partial charge in [0, 0.05) is 25.3 Å². The maximum absolute atomic E-state index is 9.84. The van der Waals surface area contributed by atoms with Gasteiger partial charge in [0.05, 0.1) is 13.7 Å². The van der Waals surface area contributed by atoms with Crippen LogP contribution in [0, 0.1) is 0 Å². The third-order valence-corrected chi connectivity index (χ3v) is 3.06. The van der Waals surface area contributed by atoms with E-state index < -0.39 is 6.10 Å². The first-order valence-electron chi connectivity index (χ1n) is 6.54. The van der Waals surface area contributed by atoms with Gasteiger partial charge in [0.1, 0.15) is 24.2 Å². The molecule has 5 heteroatoms. The molecule has 0 spiro atoms. The van der Waals surface area contributed by atoms with Crippen LogP contribution in [-0.4, -0.2) is 50.7 Å². The van der Waals surface area contributed by atoms with E-state index in [9.17, 15) is 5.11 Å². The van der Waals surface area contributed by atoms with Crippen molar-refractivity contribution in [2.45, 2.75) is 18.6 Å². The van der Waals surface area contributed by atoms with Gasteiger partial charge in [0.25, 0.3) is 0 Å². The first-order valence-corrected chi connectivity index (χ1v) is 6.54. The van der Waals surface area contributed by atoms with E-state index in [2.05, 4.69) is 5.32 Å². The van der Waals surface area contributed by atoms with Crippen molar-refractivity contribution >= 4 is 0 Å². The molecule has 0 aromatic heterocycles. The van der Waals surface area contributed by atoms with Crippen molar-refractivity contribution in [2.24, 2.45) is 0 Å². The summed E-state index contributed by atoms with van der Waals surface area (Å²) in [6, 6.07) is 7.70. The van der Waals surface area contributed by atoms with Crippen molar-refractivity contribution in [3.05, 3.63) is 24.3 Å². The van der Waals surface area contributed by atoms with E-state index in [4.69, 9.17) is 14.2 Å². The molecule has 1 saturated heterocycles. The van der Waals surface area contributed by atoms with Crippen molar-refractivity contribution in [2.75, 3.05) is 33.5 Å². The van der Waals surface area contributed by atoms with Crippen molar-refractivity contribution < 1.29 is 19.3 Å². The van der Waals surface area contributed by atoms with E-state index in [1.807, 2.05) is 18.2 Å². The van der Waals surface area contributed by atoms with Gasteiger partial charge in [-0.2, -0.15) is 0 Å². The number of aliphatic hydroxyl groups excluding tert-OH is 1. The molecule has 106 valence electrons. The normalized spacial score (nSPS) is 20.2. The van der Waals surface area contributed by atoms with Crippen LogP contribution < -0.4 is 14.8 Å². The molecule has 5 nitrogen and oxygen atoms in total. The van der Waals surface area contributed by atoms with Crippen molar-refractivity contribution in [3.8, 4) is 11.5 Å². The Morgan fingerprint density at radius 2 is 2.32 bits per heavy atom. The molecular formula is C14H21NO4. The highest BCUT2D eigenvalue weighted by molar-refractivity contribution is 5.32. The summed E-state index contributed by atoms with van der Waals surface area (Å²) in [6.45, 7) is 2.29. The van der Waals surface area contributed by atoms with Crippen LogP contribution in [0.1, 0.15) is 6.42 Å². The van der Waals surface area contributed by atoms with Crippen LogP contribution in [0.15, 0.2) is 24.3 Å². The van der Waals surface area contributed by atoms with E-state index in [0.717, 1.165) is 25.4 Å². The summed E-state index contributed by atoms with van der Waals surface area (Å²) in [6.07, 6.45) is 0.468. The number of hydrogen-bond acceptors (Lipinski definition) is 5. The maximum Gasteiger partial charge on any atom is 0.123 e. The molecule has 1 aromatic rings. The Labute approximate surface area is 113 Å². The molecule has 2 atom stereocenters. The first-order chi connectivity index (χ1) is 9.28. The molecule has 0 aliphatic carbocycles. The summed E-state index contributed by atoms with van der Waals surface area (Å²) in [5.74, 6) is 1.44. The number of hydrogen-bond donors (Lipinski definition) is 2. The molecule has 2 unspecified atom stereocenters. The van der Waals surface area contributed by atoms with E-state index in [1.54, 1.807) is 13.2 Å². The lowest BCUT2D eigenvalue weighted by molar-refractivity contribution is 0.102. The minimum atomic E-state index is -0.535. The lowest BCUT2D eigenvalue weighted by Gasteiger charge is -2.16. The lowest BCUT2D eigenvalue weighted by atomic mass is 10.2. The van der Waals surface area contributed by atoms with Crippen LogP contribution in [0.25, 0.3) is 0 Å². The number of ether oxygens (including phenoxy) is 3. The molecule has 2 N–H and O–H groups in total. The molecule has 19 heavy (non-hydrogen) atoms. The van der Waals surface area contributed by atoms with Gasteiger partial charge < -0.3 is 24.6 Å². The first kappa shape index (κ1) is 14.1. The number of nitrogens with one attached hydrogen (secondary N) is 1. The molecule has 0 bridgehead atoms. The van der Waals surface area contributed by atoms with Gasteiger partial charge in [-0.3, -0.25) is 0 Å². The average Bonchev–Trinajstić information content (AvgIpc) is 2.96. The zero-order valence-electron chi connectivity index (χ0n) is 11.2. The second-order valence-corrected chi connectivity index (χ2v) is 4.61. The van der Waals surface area contributed by atoms with Crippen LogP contribution in [0.5, 0.6) is 11.5 Å². The Hall–Kier alpha value is -1.30. The van der Waals surface area contributed by atoms with E-state index in [0.29, 0.717) is 18.3 Å². The Balaban J connectivity index is 1.68. The summed E-state index contributed by atoms with van der Waals surface area (Å²) in [5, 5.41) is 13.1. The maximum atomic E-state index is 9.84. The molecule has 1 fully saturated rings. The Morgan fingerprint density at radius 3 is 3.05 bits per heavy atom. The van der Waals surface area contributed by atoms with E-state index in [-0.39, 0.29) is 6.61 Å². The summed E-state index contributed by atoms with van der Waals surface area (Å²) in [7, 11) is 1.61. The van der Waals surface area contributed by atoms with Crippen molar-refractivity contribution in [1.29, 1.82) is 0 Å². The number of benzene rings is 1. The average molecular weight is 267 g/mol. The summed E-state index contributed by atoms with van der Waals surface area (Å²) >= 11 is 0. The van der Waals surface area contributed by atoms with Crippen LogP contribution in [0.2, 0.25) is 0 Å². The van der Waals surface area contributed by atoms with Gasteiger partial charge in [0.15, 0.2) is 0 Å². The highest BCUT2D eigenvalue weighted by Gasteiger charge is 2.16. The SMILES string of the molecule is COc1cccc(OCC(O)CNC2CCOC2)c1. The minimum absolute atomic E-state index is 0.258.